The molecule has 0 unspecified atom stereocenters. The Balaban J connectivity index is 0. The van der Waals surface area contributed by atoms with Gasteiger partial charge in [-0.3, -0.25) is 0 Å². The van der Waals surface area contributed by atoms with Crippen LogP contribution in [-0.4, -0.2) is 75.0 Å². The van der Waals surface area contributed by atoms with Gasteiger partial charge in [0.1, 0.15) is 0 Å². The van der Waals surface area contributed by atoms with E-state index in [0.29, 0.717) is 0 Å². The molecule has 0 heterocycles. The van der Waals surface area contributed by atoms with E-state index in [-0.39, 0.29) is 58.0 Å². The van der Waals surface area contributed by atoms with Crippen molar-refractivity contribution in [3.05, 3.63) is 12.2 Å². The Morgan fingerprint density at radius 2 is 2.00 bits per heavy atom. The van der Waals surface area contributed by atoms with E-state index >= 15 is 0 Å². The summed E-state index contributed by atoms with van der Waals surface area (Å²) in [7, 11) is 0. The molecule has 0 rings (SSSR count). The van der Waals surface area contributed by atoms with Crippen LogP contribution in [0.3, 0.4) is 0 Å². The maximum absolute atomic E-state index is 10.4. The number of carboxylic acid groups (broad SMARTS) is 1. The number of esters is 1. The summed E-state index contributed by atoms with van der Waals surface area (Å²) >= 11 is 0. The van der Waals surface area contributed by atoms with Crippen LogP contribution in [0.15, 0.2) is 12.2 Å². The molecule has 0 bridgehead atoms. The van der Waals surface area contributed by atoms with Gasteiger partial charge in [0.15, 0.2) is 0 Å². The Morgan fingerprint density at radius 3 is 2.36 bits per heavy atom. The molecule has 5 heteroatoms. The predicted octanol–water partition coefficient (Wildman–Crippen LogP) is -0.458. The van der Waals surface area contributed by atoms with Crippen LogP contribution in [-0.2, 0) is 14.3 Å². The second-order valence-electron chi connectivity index (χ2n) is 1.42. The molecule has 1 N–H and O–H groups in total. The first-order valence-electron chi connectivity index (χ1n) is 2.74. The molecule has 11 heavy (non-hydrogen) atoms. The van der Waals surface area contributed by atoms with E-state index in [1.165, 1.54) is 0 Å². The quantitative estimate of drug-likeness (QED) is 0.366. The van der Waals surface area contributed by atoms with Gasteiger partial charge in [0.25, 0.3) is 0 Å². The molecular formula is C6H9KO4. The van der Waals surface area contributed by atoms with Crippen molar-refractivity contribution in [3.8, 4) is 0 Å². The first-order valence-corrected chi connectivity index (χ1v) is 2.74. The topological polar surface area (TPSA) is 63.6 Å². The van der Waals surface area contributed by atoms with E-state index in [2.05, 4.69) is 4.74 Å². The van der Waals surface area contributed by atoms with Crippen LogP contribution in [0.1, 0.15) is 6.92 Å². The fourth-order valence-electron chi connectivity index (χ4n) is 0.330. The van der Waals surface area contributed by atoms with Crippen LogP contribution in [0.4, 0.5) is 0 Å². The number of rotatable bonds is 3. The van der Waals surface area contributed by atoms with Crippen molar-refractivity contribution in [1.29, 1.82) is 0 Å². The van der Waals surface area contributed by atoms with Crippen molar-refractivity contribution >= 4 is 63.3 Å². The van der Waals surface area contributed by atoms with Crippen molar-refractivity contribution < 1.29 is 19.4 Å². The third kappa shape index (κ3) is 10.3. The Bertz CT molecular complexity index is 164. The average molecular weight is 184 g/mol. The van der Waals surface area contributed by atoms with Gasteiger partial charge in [0, 0.05) is 12.2 Å². The Kier molecular flexibility index (Phi) is 10.6. The summed E-state index contributed by atoms with van der Waals surface area (Å²) in [5.74, 6) is -1.79. The molecule has 0 amide bonds. The number of carbonyl (C=O) groups is 2. The van der Waals surface area contributed by atoms with Crippen molar-refractivity contribution in [2.45, 2.75) is 6.92 Å². The minimum absolute atomic E-state index is 0. The average Bonchev–Trinajstić information content (AvgIpc) is 1.85. The van der Waals surface area contributed by atoms with Crippen LogP contribution in [0.25, 0.3) is 0 Å². The molecule has 0 fully saturated rings. The molecule has 4 nitrogen and oxygen atoms in total. The summed E-state index contributed by atoms with van der Waals surface area (Å²) in [6.45, 7) is 1.90. The first-order chi connectivity index (χ1) is 4.66. The molecular weight excluding hydrogens is 175 g/mol. The van der Waals surface area contributed by atoms with Crippen LogP contribution in [0.5, 0.6) is 0 Å². The van der Waals surface area contributed by atoms with Crippen molar-refractivity contribution in [2.75, 3.05) is 6.61 Å². The molecule has 58 valence electrons. The van der Waals surface area contributed by atoms with E-state index < -0.39 is 11.9 Å². The van der Waals surface area contributed by atoms with Gasteiger partial charge >= 0.3 is 63.3 Å². The summed E-state index contributed by atoms with van der Waals surface area (Å²) in [5.41, 5.74) is 0. The predicted molar refractivity (Wildman–Crippen MR) is 40.6 cm³/mol. The molecule has 0 aliphatic carbocycles. The number of carboxylic acids is 1. The Labute approximate surface area is 107 Å². The summed E-state index contributed by atoms with van der Waals surface area (Å²) < 4.78 is 4.40. The monoisotopic (exact) mass is 184 g/mol. The van der Waals surface area contributed by atoms with E-state index in [0.717, 1.165) is 12.2 Å². The van der Waals surface area contributed by atoms with Gasteiger partial charge in [-0.25, -0.2) is 9.59 Å². The molecule has 0 radical (unpaired) electrons. The molecule has 0 spiro atoms. The summed E-state index contributed by atoms with van der Waals surface area (Å²) in [6.07, 6.45) is 1.60. The number of hydrogen-bond donors (Lipinski definition) is 1. The second-order valence-corrected chi connectivity index (χ2v) is 1.42. The van der Waals surface area contributed by atoms with E-state index in [9.17, 15) is 9.59 Å². The van der Waals surface area contributed by atoms with Gasteiger partial charge in [-0.1, -0.05) is 0 Å². The third-order valence-electron chi connectivity index (χ3n) is 0.649. The van der Waals surface area contributed by atoms with Gasteiger partial charge in [0.05, 0.1) is 6.61 Å². The minimum atomic E-state index is -1.16. The molecule has 0 aromatic heterocycles. The third-order valence-corrected chi connectivity index (χ3v) is 0.649. The summed E-state index contributed by atoms with van der Waals surface area (Å²) in [5, 5.41) is 8.04. The SMILES string of the molecule is CCOC(=O)/C=C\C(=O)O.[KH]. The molecule has 0 aromatic carbocycles. The van der Waals surface area contributed by atoms with Crippen LogP contribution < -0.4 is 0 Å². The van der Waals surface area contributed by atoms with Crippen LogP contribution >= 0.6 is 0 Å². The zero-order chi connectivity index (χ0) is 7.98. The van der Waals surface area contributed by atoms with Gasteiger partial charge in [-0.05, 0) is 6.92 Å². The molecule has 0 aliphatic heterocycles. The number of hydrogen-bond acceptors (Lipinski definition) is 3. The molecule has 0 saturated carbocycles. The van der Waals surface area contributed by atoms with Crippen LogP contribution in [0.2, 0.25) is 0 Å². The fourth-order valence-corrected chi connectivity index (χ4v) is 0.330. The van der Waals surface area contributed by atoms with E-state index in [1.54, 1.807) is 6.92 Å². The van der Waals surface area contributed by atoms with Gasteiger partial charge in [-0.15, -0.1) is 0 Å². The van der Waals surface area contributed by atoms with Crippen molar-refractivity contribution in [2.24, 2.45) is 0 Å². The van der Waals surface area contributed by atoms with E-state index in [1.807, 2.05) is 0 Å². The Morgan fingerprint density at radius 1 is 1.45 bits per heavy atom. The first kappa shape index (κ1) is 13.9. The zero-order valence-corrected chi connectivity index (χ0v) is 5.53. The van der Waals surface area contributed by atoms with E-state index in [4.69, 9.17) is 5.11 Å². The van der Waals surface area contributed by atoms with Gasteiger partial charge < -0.3 is 9.84 Å². The van der Waals surface area contributed by atoms with Gasteiger partial charge in [-0.2, -0.15) is 0 Å². The Hall–Kier alpha value is 0.316. The summed E-state index contributed by atoms with van der Waals surface area (Å²) in [6, 6.07) is 0. The summed E-state index contributed by atoms with van der Waals surface area (Å²) in [4.78, 5) is 20.2. The molecule has 0 aromatic rings. The standard InChI is InChI=1S/C6H8O4.K.H/c1-2-10-6(9)4-3-5(7)8;;/h3-4H,2H2,1H3,(H,7,8);;/b4-3-;;. The number of carbonyl (C=O) groups excluding carboxylic acids is 1. The van der Waals surface area contributed by atoms with Crippen molar-refractivity contribution in [1.82, 2.24) is 0 Å². The van der Waals surface area contributed by atoms with Gasteiger partial charge in [0.2, 0.25) is 0 Å². The number of ether oxygens (including phenoxy) is 1. The van der Waals surface area contributed by atoms with Crippen molar-refractivity contribution in [3.63, 3.8) is 0 Å². The van der Waals surface area contributed by atoms with Crippen LogP contribution in [0, 0.1) is 0 Å². The fraction of sp³-hybridized carbons (Fsp3) is 0.333. The maximum atomic E-state index is 10.4. The molecule has 0 atom stereocenters. The molecule has 0 aliphatic rings. The molecule has 0 saturated heterocycles. The normalized spacial score (nSPS) is 8.82. The second kappa shape index (κ2) is 8.41. The zero-order valence-electron chi connectivity index (χ0n) is 5.53. The number of aliphatic carboxylic acids is 1.